The van der Waals surface area contributed by atoms with Gasteiger partial charge in [-0.05, 0) is 12.0 Å². The summed E-state index contributed by atoms with van der Waals surface area (Å²) in [4.78, 5) is 0. The lowest BCUT2D eigenvalue weighted by atomic mass is 9.93. The van der Waals surface area contributed by atoms with Gasteiger partial charge in [0.1, 0.15) is 6.07 Å². The first-order valence-electron chi connectivity index (χ1n) is 3.92. The molecule has 0 amide bonds. The van der Waals surface area contributed by atoms with E-state index in [0.717, 1.165) is 0 Å². The standard InChI is InChI=1S/C10H11NO/c1-2-10(12,8-11)9-6-4-3-5-7-9/h3-7,12H,2H2,1H3/t10-/m1/s1. The smallest absolute Gasteiger partial charge is 0.176 e. The molecule has 0 bridgehead atoms. The first-order valence-corrected chi connectivity index (χ1v) is 3.92. The topological polar surface area (TPSA) is 44.0 Å². The van der Waals surface area contributed by atoms with Gasteiger partial charge in [0.05, 0.1) is 0 Å². The molecule has 0 unspecified atom stereocenters. The lowest BCUT2D eigenvalue weighted by molar-refractivity contribution is 0.0935. The molecule has 0 saturated carbocycles. The molecule has 1 aromatic carbocycles. The Labute approximate surface area is 72.1 Å². The zero-order chi connectivity index (χ0) is 9.03. The highest BCUT2D eigenvalue weighted by atomic mass is 16.3. The lowest BCUT2D eigenvalue weighted by Crippen LogP contribution is -2.21. The van der Waals surface area contributed by atoms with Crippen molar-refractivity contribution in [3.63, 3.8) is 0 Å². The molecule has 2 heteroatoms. The van der Waals surface area contributed by atoms with Crippen LogP contribution < -0.4 is 0 Å². The molecule has 0 spiro atoms. The second-order valence-electron chi connectivity index (χ2n) is 2.69. The van der Waals surface area contributed by atoms with Crippen LogP contribution in [0.4, 0.5) is 0 Å². The Bertz CT molecular complexity index is 288. The fraction of sp³-hybridized carbons (Fsp3) is 0.300. The Balaban J connectivity index is 3.06. The van der Waals surface area contributed by atoms with Crippen LogP contribution in [0.1, 0.15) is 18.9 Å². The Morgan fingerprint density at radius 3 is 2.42 bits per heavy atom. The monoisotopic (exact) mass is 161 g/mol. The van der Waals surface area contributed by atoms with Gasteiger partial charge in [0.25, 0.3) is 0 Å². The van der Waals surface area contributed by atoms with E-state index in [1.165, 1.54) is 0 Å². The molecule has 0 radical (unpaired) electrons. The first-order chi connectivity index (χ1) is 5.73. The Hall–Kier alpha value is -1.33. The molecule has 0 saturated heterocycles. The maximum atomic E-state index is 9.74. The van der Waals surface area contributed by atoms with Crippen molar-refractivity contribution in [2.24, 2.45) is 0 Å². The van der Waals surface area contributed by atoms with Gasteiger partial charge < -0.3 is 5.11 Å². The Morgan fingerprint density at radius 2 is 2.00 bits per heavy atom. The predicted molar refractivity (Wildman–Crippen MR) is 46.2 cm³/mol. The molecule has 0 fully saturated rings. The summed E-state index contributed by atoms with van der Waals surface area (Å²) < 4.78 is 0. The van der Waals surface area contributed by atoms with E-state index in [1.54, 1.807) is 19.1 Å². The molecular weight excluding hydrogens is 150 g/mol. The summed E-state index contributed by atoms with van der Waals surface area (Å²) in [5.74, 6) is 0. The number of aliphatic hydroxyl groups is 1. The maximum absolute atomic E-state index is 9.74. The van der Waals surface area contributed by atoms with E-state index in [2.05, 4.69) is 0 Å². The van der Waals surface area contributed by atoms with Crippen molar-refractivity contribution in [1.29, 1.82) is 5.26 Å². The average molecular weight is 161 g/mol. The third-order valence-electron chi connectivity index (χ3n) is 1.95. The third kappa shape index (κ3) is 1.46. The van der Waals surface area contributed by atoms with Gasteiger partial charge in [-0.15, -0.1) is 0 Å². The SMILES string of the molecule is CC[C@@](O)(C#N)c1ccccc1. The zero-order valence-corrected chi connectivity index (χ0v) is 6.99. The molecule has 62 valence electrons. The summed E-state index contributed by atoms with van der Waals surface area (Å²) in [5, 5.41) is 18.5. The van der Waals surface area contributed by atoms with Gasteiger partial charge in [0, 0.05) is 0 Å². The molecule has 0 aromatic heterocycles. The van der Waals surface area contributed by atoms with Crippen molar-refractivity contribution in [2.75, 3.05) is 0 Å². The maximum Gasteiger partial charge on any atom is 0.176 e. The number of rotatable bonds is 2. The third-order valence-corrected chi connectivity index (χ3v) is 1.95. The van der Waals surface area contributed by atoms with Crippen molar-refractivity contribution in [1.82, 2.24) is 0 Å². The van der Waals surface area contributed by atoms with Gasteiger partial charge in [0.15, 0.2) is 5.60 Å². The predicted octanol–water partition coefficient (Wildman–Crippen LogP) is 1.81. The number of hydrogen-bond acceptors (Lipinski definition) is 2. The number of hydrogen-bond donors (Lipinski definition) is 1. The van der Waals surface area contributed by atoms with Gasteiger partial charge in [-0.25, -0.2) is 0 Å². The van der Waals surface area contributed by atoms with E-state index in [4.69, 9.17) is 5.26 Å². The first kappa shape index (κ1) is 8.76. The van der Waals surface area contributed by atoms with Crippen LogP contribution in [0.5, 0.6) is 0 Å². The summed E-state index contributed by atoms with van der Waals surface area (Å²) in [6, 6.07) is 10.9. The highest BCUT2D eigenvalue weighted by Crippen LogP contribution is 2.22. The van der Waals surface area contributed by atoms with Crippen molar-refractivity contribution < 1.29 is 5.11 Å². The van der Waals surface area contributed by atoms with Gasteiger partial charge in [-0.2, -0.15) is 5.26 Å². The van der Waals surface area contributed by atoms with Crippen LogP contribution in [0.15, 0.2) is 30.3 Å². The minimum absolute atomic E-state index is 0.410. The van der Waals surface area contributed by atoms with Gasteiger partial charge in [-0.1, -0.05) is 37.3 Å². The second kappa shape index (κ2) is 3.38. The minimum atomic E-state index is -1.32. The molecule has 0 aliphatic heterocycles. The number of nitrogens with zero attached hydrogens (tertiary/aromatic N) is 1. The Morgan fingerprint density at radius 1 is 1.42 bits per heavy atom. The summed E-state index contributed by atoms with van der Waals surface area (Å²) in [5.41, 5.74) is -0.656. The summed E-state index contributed by atoms with van der Waals surface area (Å²) >= 11 is 0. The van der Waals surface area contributed by atoms with Crippen LogP contribution >= 0.6 is 0 Å². The van der Waals surface area contributed by atoms with Gasteiger partial charge in [-0.3, -0.25) is 0 Å². The normalized spacial score (nSPS) is 14.8. The van der Waals surface area contributed by atoms with Crippen molar-refractivity contribution in [3.8, 4) is 6.07 Å². The summed E-state index contributed by atoms with van der Waals surface area (Å²) in [6.45, 7) is 1.79. The lowest BCUT2D eigenvalue weighted by Gasteiger charge is -2.17. The van der Waals surface area contributed by atoms with Crippen LogP contribution in [-0.2, 0) is 5.60 Å². The minimum Gasteiger partial charge on any atom is -0.371 e. The largest absolute Gasteiger partial charge is 0.371 e. The van der Waals surface area contributed by atoms with Crippen molar-refractivity contribution in [2.45, 2.75) is 18.9 Å². The van der Waals surface area contributed by atoms with Crippen LogP contribution in [0, 0.1) is 11.3 Å². The Kier molecular flexibility index (Phi) is 2.47. The molecule has 0 aliphatic rings. The van der Waals surface area contributed by atoms with Crippen LogP contribution in [-0.4, -0.2) is 5.11 Å². The molecule has 1 atom stereocenters. The van der Waals surface area contributed by atoms with Crippen molar-refractivity contribution >= 4 is 0 Å². The molecule has 1 rings (SSSR count). The van der Waals surface area contributed by atoms with E-state index < -0.39 is 5.60 Å². The van der Waals surface area contributed by atoms with E-state index in [9.17, 15) is 5.11 Å². The molecule has 1 N–H and O–H groups in total. The number of benzene rings is 1. The van der Waals surface area contributed by atoms with E-state index in [0.29, 0.717) is 12.0 Å². The molecule has 0 heterocycles. The van der Waals surface area contributed by atoms with E-state index in [1.807, 2.05) is 24.3 Å². The quantitative estimate of drug-likeness (QED) is 0.672. The molecule has 1 aromatic rings. The fourth-order valence-corrected chi connectivity index (χ4v) is 1.06. The zero-order valence-electron chi connectivity index (χ0n) is 6.99. The molecule has 12 heavy (non-hydrogen) atoms. The van der Waals surface area contributed by atoms with E-state index in [-0.39, 0.29) is 0 Å². The highest BCUT2D eigenvalue weighted by Gasteiger charge is 2.25. The summed E-state index contributed by atoms with van der Waals surface area (Å²) in [7, 11) is 0. The van der Waals surface area contributed by atoms with Crippen molar-refractivity contribution in [3.05, 3.63) is 35.9 Å². The molecular formula is C10H11NO. The second-order valence-corrected chi connectivity index (χ2v) is 2.69. The van der Waals surface area contributed by atoms with Crippen LogP contribution in [0.2, 0.25) is 0 Å². The molecule has 2 nitrogen and oxygen atoms in total. The van der Waals surface area contributed by atoms with Crippen LogP contribution in [0.25, 0.3) is 0 Å². The van der Waals surface area contributed by atoms with Gasteiger partial charge in [0.2, 0.25) is 0 Å². The van der Waals surface area contributed by atoms with Gasteiger partial charge >= 0.3 is 0 Å². The highest BCUT2D eigenvalue weighted by molar-refractivity contribution is 5.27. The number of nitriles is 1. The van der Waals surface area contributed by atoms with Crippen LogP contribution in [0.3, 0.4) is 0 Å². The average Bonchev–Trinajstić information content (AvgIpc) is 2.18. The fourth-order valence-electron chi connectivity index (χ4n) is 1.06. The molecule has 0 aliphatic carbocycles. The summed E-state index contributed by atoms with van der Waals surface area (Å²) in [6.07, 6.45) is 0.410. The van der Waals surface area contributed by atoms with E-state index >= 15 is 0 Å².